The third-order valence-electron chi connectivity index (χ3n) is 3.91. The van der Waals surface area contributed by atoms with Gasteiger partial charge >= 0.3 is 6.09 Å². The first kappa shape index (κ1) is 20.0. The lowest BCUT2D eigenvalue weighted by Gasteiger charge is -2.39. The van der Waals surface area contributed by atoms with Crippen LogP contribution in [0.3, 0.4) is 0 Å². The highest BCUT2D eigenvalue weighted by atomic mass is 32.1. The number of ether oxygens (including phenoxy) is 1. The number of hydrogen-bond acceptors (Lipinski definition) is 7. The van der Waals surface area contributed by atoms with Crippen molar-refractivity contribution in [3.63, 3.8) is 0 Å². The van der Waals surface area contributed by atoms with Gasteiger partial charge < -0.3 is 20.7 Å². The van der Waals surface area contributed by atoms with E-state index in [4.69, 9.17) is 10.5 Å². The predicted octanol–water partition coefficient (Wildman–Crippen LogP) is 3.27. The summed E-state index contributed by atoms with van der Waals surface area (Å²) in [5.41, 5.74) is 4.53. The van der Waals surface area contributed by atoms with E-state index in [0.717, 1.165) is 23.5 Å². The number of likely N-dealkylation sites (tertiary alicyclic amines) is 1. The fraction of sp³-hybridized carbons (Fsp3) is 0.389. The van der Waals surface area contributed by atoms with Crippen LogP contribution in [0.15, 0.2) is 18.2 Å². The molecule has 2 heterocycles. The highest BCUT2D eigenvalue weighted by Gasteiger charge is 2.34. The fourth-order valence-electron chi connectivity index (χ4n) is 2.60. The van der Waals surface area contributed by atoms with Crippen LogP contribution in [0.1, 0.15) is 36.0 Å². The number of benzene rings is 1. The number of halogens is 2. The van der Waals surface area contributed by atoms with E-state index in [2.05, 4.69) is 10.3 Å². The molecule has 1 aromatic carbocycles. The lowest BCUT2D eigenvalue weighted by atomic mass is 10.1. The second-order valence-electron chi connectivity index (χ2n) is 7.39. The summed E-state index contributed by atoms with van der Waals surface area (Å²) in [5, 5.41) is 3.40. The van der Waals surface area contributed by atoms with Gasteiger partial charge in [-0.1, -0.05) is 17.4 Å². The van der Waals surface area contributed by atoms with E-state index in [1.165, 1.54) is 11.0 Å². The van der Waals surface area contributed by atoms with Crippen LogP contribution in [0.25, 0.3) is 0 Å². The molecule has 1 saturated heterocycles. The molecule has 1 aromatic heterocycles. The minimum absolute atomic E-state index is 0.0465. The number of nitrogen functional groups attached to an aromatic ring is 1. The second kappa shape index (κ2) is 7.34. The van der Waals surface area contributed by atoms with Gasteiger partial charge in [0.2, 0.25) is 5.78 Å². The minimum Gasteiger partial charge on any atom is -0.444 e. The van der Waals surface area contributed by atoms with E-state index in [9.17, 15) is 18.4 Å². The Morgan fingerprint density at radius 3 is 2.46 bits per heavy atom. The van der Waals surface area contributed by atoms with Crippen molar-refractivity contribution in [1.29, 1.82) is 0 Å². The van der Waals surface area contributed by atoms with Crippen LogP contribution in [0.5, 0.6) is 0 Å². The zero-order chi connectivity index (χ0) is 20.6. The molecule has 0 aliphatic carbocycles. The van der Waals surface area contributed by atoms with Crippen LogP contribution in [-0.4, -0.2) is 46.5 Å². The minimum atomic E-state index is -0.959. The molecule has 1 aliphatic rings. The number of thiazole rings is 1. The normalized spacial score (nSPS) is 14.5. The number of nitrogens with two attached hydrogens (primary N) is 1. The molecule has 7 nitrogen and oxygen atoms in total. The van der Waals surface area contributed by atoms with Gasteiger partial charge in [0, 0.05) is 13.1 Å². The van der Waals surface area contributed by atoms with E-state index in [1.807, 2.05) is 0 Å². The van der Waals surface area contributed by atoms with Crippen LogP contribution in [-0.2, 0) is 4.74 Å². The smallest absolute Gasteiger partial charge is 0.410 e. The standard InChI is InChI=1S/C18H20F2N4O3S/c1-18(2,3)27-17(26)24-7-9(8-24)22-16-23-15(21)14(28-16)13(25)12-10(19)5-4-6-11(12)20/h4-6,9H,7-8,21H2,1-3H3,(H,22,23). The Hall–Kier alpha value is -2.75. The van der Waals surface area contributed by atoms with E-state index in [1.54, 1.807) is 20.8 Å². The Morgan fingerprint density at radius 1 is 1.29 bits per heavy atom. The van der Waals surface area contributed by atoms with Gasteiger partial charge in [0.1, 0.15) is 27.9 Å². The largest absolute Gasteiger partial charge is 0.444 e. The van der Waals surface area contributed by atoms with Gasteiger partial charge in [-0.05, 0) is 32.9 Å². The van der Waals surface area contributed by atoms with Crippen molar-refractivity contribution in [1.82, 2.24) is 9.88 Å². The first-order chi connectivity index (χ1) is 13.0. The number of carbonyl (C=O) groups excluding carboxylic acids is 2. The molecule has 3 N–H and O–H groups in total. The lowest BCUT2D eigenvalue weighted by molar-refractivity contribution is 0.0105. The third kappa shape index (κ3) is 4.22. The van der Waals surface area contributed by atoms with Crippen molar-refractivity contribution < 1.29 is 23.1 Å². The highest BCUT2D eigenvalue weighted by molar-refractivity contribution is 7.18. The number of carbonyl (C=O) groups is 2. The molecule has 28 heavy (non-hydrogen) atoms. The molecule has 0 atom stereocenters. The number of anilines is 2. The molecule has 150 valence electrons. The molecule has 0 spiro atoms. The van der Waals surface area contributed by atoms with Gasteiger partial charge in [-0.3, -0.25) is 4.79 Å². The molecule has 10 heteroatoms. The van der Waals surface area contributed by atoms with Gasteiger partial charge in [0.05, 0.1) is 11.6 Å². The summed E-state index contributed by atoms with van der Waals surface area (Å²) in [7, 11) is 0. The van der Waals surface area contributed by atoms with Crippen LogP contribution >= 0.6 is 11.3 Å². The van der Waals surface area contributed by atoms with Crippen molar-refractivity contribution in [2.24, 2.45) is 0 Å². The Balaban J connectivity index is 1.64. The second-order valence-corrected chi connectivity index (χ2v) is 8.38. The number of nitrogens with one attached hydrogen (secondary N) is 1. The van der Waals surface area contributed by atoms with Crippen molar-refractivity contribution >= 4 is 34.2 Å². The van der Waals surface area contributed by atoms with Gasteiger partial charge in [0.15, 0.2) is 5.13 Å². The average molecular weight is 410 g/mol. The van der Waals surface area contributed by atoms with Gasteiger partial charge in [0.25, 0.3) is 0 Å². The summed E-state index contributed by atoms with van der Waals surface area (Å²) < 4.78 is 33.0. The Morgan fingerprint density at radius 2 is 1.89 bits per heavy atom. The zero-order valence-corrected chi connectivity index (χ0v) is 16.4. The number of nitrogens with zero attached hydrogens (tertiary/aromatic N) is 2. The molecule has 2 aromatic rings. The first-order valence-electron chi connectivity index (χ1n) is 8.54. The van der Waals surface area contributed by atoms with Gasteiger partial charge in [-0.2, -0.15) is 0 Å². The van der Waals surface area contributed by atoms with Gasteiger partial charge in [-0.15, -0.1) is 0 Å². The molecule has 3 rings (SSSR count). The molecule has 0 unspecified atom stereocenters. The van der Waals surface area contributed by atoms with Crippen LogP contribution in [0.2, 0.25) is 0 Å². The Kier molecular flexibility index (Phi) is 5.24. The monoisotopic (exact) mass is 410 g/mol. The van der Waals surface area contributed by atoms with E-state index in [-0.39, 0.29) is 16.7 Å². The maximum absolute atomic E-state index is 13.9. The molecule has 1 fully saturated rings. The molecule has 0 bridgehead atoms. The molecule has 1 amide bonds. The molecular formula is C18H20F2N4O3S. The van der Waals surface area contributed by atoms with Crippen molar-refractivity contribution in [3.05, 3.63) is 40.3 Å². The Labute approximate surface area is 164 Å². The zero-order valence-electron chi connectivity index (χ0n) is 15.6. The number of aromatic nitrogens is 1. The van der Waals surface area contributed by atoms with Crippen molar-refractivity contribution in [2.75, 3.05) is 24.1 Å². The summed E-state index contributed by atoms with van der Waals surface area (Å²) in [6, 6.07) is 3.10. The first-order valence-corrected chi connectivity index (χ1v) is 9.36. The number of ketones is 1. The molecular weight excluding hydrogens is 390 g/mol. The van der Waals surface area contributed by atoms with Crippen molar-refractivity contribution in [2.45, 2.75) is 32.4 Å². The van der Waals surface area contributed by atoms with E-state index < -0.39 is 34.7 Å². The maximum atomic E-state index is 13.9. The predicted molar refractivity (Wildman–Crippen MR) is 102 cm³/mol. The van der Waals surface area contributed by atoms with Gasteiger partial charge in [-0.25, -0.2) is 18.6 Å². The number of rotatable bonds is 4. The SMILES string of the molecule is CC(C)(C)OC(=O)N1CC(Nc2nc(N)c(C(=O)c3c(F)cccc3F)s2)C1. The molecule has 0 radical (unpaired) electrons. The van der Waals surface area contributed by atoms with E-state index in [0.29, 0.717) is 18.2 Å². The Bertz CT molecular complexity index is 900. The third-order valence-corrected chi connectivity index (χ3v) is 4.91. The summed E-state index contributed by atoms with van der Waals surface area (Å²) in [6.45, 7) is 6.17. The summed E-state index contributed by atoms with van der Waals surface area (Å²) in [6.07, 6.45) is -0.407. The maximum Gasteiger partial charge on any atom is 0.410 e. The molecule has 0 saturated carbocycles. The van der Waals surface area contributed by atoms with Crippen LogP contribution in [0.4, 0.5) is 24.5 Å². The number of amides is 1. The summed E-state index contributed by atoms with van der Waals surface area (Å²) in [5.74, 6) is -2.88. The van der Waals surface area contributed by atoms with E-state index >= 15 is 0 Å². The fourth-order valence-corrected chi connectivity index (χ4v) is 3.51. The van der Waals surface area contributed by atoms with Crippen LogP contribution < -0.4 is 11.1 Å². The lowest BCUT2D eigenvalue weighted by Crippen LogP contribution is -2.57. The molecule has 1 aliphatic heterocycles. The quantitative estimate of drug-likeness (QED) is 0.751. The topological polar surface area (TPSA) is 97.6 Å². The summed E-state index contributed by atoms with van der Waals surface area (Å²) in [4.78, 5) is 29.9. The highest BCUT2D eigenvalue weighted by Crippen LogP contribution is 2.30. The summed E-state index contributed by atoms with van der Waals surface area (Å²) >= 11 is 0.912. The average Bonchev–Trinajstić information content (AvgIpc) is 2.89. The number of hydrogen-bond donors (Lipinski definition) is 2. The van der Waals surface area contributed by atoms with Crippen LogP contribution in [0, 0.1) is 11.6 Å². The van der Waals surface area contributed by atoms with Crippen molar-refractivity contribution in [3.8, 4) is 0 Å².